The molecule has 0 radical (unpaired) electrons. The summed E-state index contributed by atoms with van der Waals surface area (Å²) in [5, 5.41) is 11.6. The number of anilines is 1. The molecule has 0 bridgehead atoms. The van der Waals surface area contributed by atoms with E-state index >= 15 is 0 Å². The van der Waals surface area contributed by atoms with Gasteiger partial charge in [0.05, 0.1) is 10.9 Å². The molecule has 170 valence electrons. The van der Waals surface area contributed by atoms with Gasteiger partial charge in [-0.2, -0.15) is 0 Å². The predicted molar refractivity (Wildman–Crippen MR) is 134 cm³/mol. The van der Waals surface area contributed by atoms with E-state index in [1.807, 2.05) is 36.4 Å². The van der Waals surface area contributed by atoms with Crippen molar-refractivity contribution in [3.05, 3.63) is 71.6 Å². The van der Waals surface area contributed by atoms with Crippen molar-refractivity contribution in [1.82, 2.24) is 0 Å². The lowest BCUT2D eigenvalue weighted by Gasteiger charge is -2.22. The van der Waals surface area contributed by atoms with Crippen LogP contribution in [0.15, 0.2) is 70.1 Å². The highest BCUT2D eigenvalue weighted by Crippen LogP contribution is 2.42. The summed E-state index contributed by atoms with van der Waals surface area (Å²) in [6, 6.07) is 19.3. The van der Waals surface area contributed by atoms with Crippen LogP contribution < -0.4 is 10.3 Å². The van der Waals surface area contributed by atoms with Gasteiger partial charge in [-0.3, -0.25) is 4.99 Å². The van der Waals surface area contributed by atoms with Crippen LogP contribution in [0.5, 0.6) is 0 Å². The first-order chi connectivity index (χ1) is 16.1. The number of carboxylic acid groups (broad SMARTS) is 1. The van der Waals surface area contributed by atoms with Gasteiger partial charge in [0.1, 0.15) is 11.3 Å². The van der Waals surface area contributed by atoms with Crippen LogP contribution >= 0.6 is 0 Å². The maximum absolute atomic E-state index is 12.0. The minimum atomic E-state index is -0.946. The third-order valence-corrected chi connectivity index (χ3v) is 6.05. The van der Waals surface area contributed by atoms with Crippen molar-refractivity contribution in [2.24, 2.45) is 4.99 Å². The van der Waals surface area contributed by atoms with Gasteiger partial charge in [0.15, 0.2) is 0 Å². The van der Waals surface area contributed by atoms with Gasteiger partial charge in [-0.25, -0.2) is 4.79 Å². The normalized spacial score (nSPS) is 11.9. The predicted octanol–water partition coefficient (Wildman–Crippen LogP) is 6.45. The molecule has 0 amide bonds. The molecule has 0 saturated carbocycles. The van der Waals surface area contributed by atoms with E-state index in [0.29, 0.717) is 11.3 Å². The molecular formula is C28H30N2O3. The number of unbranched alkanes of at least 4 members (excludes halogenated alkanes) is 1. The first kappa shape index (κ1) is 22.6. The molecular weight excluding hydrogens is 412 g/mol. The molecule has 0 spiro atoms. The van der Waals surface area contributed by atoms with Crippen molar-refractivity contribution in [1.29, 1.82) is 0 Å². The molecule has 0 fully saturated rings. The van der Waals surface area contributed by atoms with Crippen molar-refractivity contribution in [2.45, 2.75) is 33.6 Å². The molecule has 0 aromatic heterocycles. The molecule has 1 heterocycles. The molecule has 5 nitrogen and oxygen atoms in total. The molecule has 0 atom stereocenters. The quantitative estimate of drug-likeness (QED) is 0.252. The zero-order chi connectivity index (χ0) is 23.4. The second-order valence-electron chi connectivity index (χ2n) is 8.10. The highest BCUT2D eigenvalue weighted by Gasteiger charge is 2.21. The Morgan fingerprint density at radius 1 is 0.970 bits per heavy atom. The van der Waals surface area contributed by atoms with Crippen molar-refractivity contribution in [3.63, 3.8) is 0 Å². The second kappa shape index (κ2) is 9.90. The van der Waals surface area contributed by atoms with E-state index in [4.69, 9.17) is 4.42 Å². The second-order valence-corrected chi connectivity index (χ2v) is 8.10. The average molecular weight is 443 g/mol. The standard InChI is InChI=1S/C28H30N2O3/c1-4-7-16-29-19-12-14-23-25(17-19)33-26-18-20(30(5-2)6-3)13-15-24(26)27(23)21-10-8-9-11-22(21)28(31)32/h8-15,17-18H,4-7,16H2,1-3H3,(H,31,32). The summed E-state index contributed by atoms with van der Waals surface area (Å²) in [5.74, 6) is -0.245. The first-order valence-electron chi connectivity index (χ1n) is 11.7. The fourth-order valence-corrected chi connectivity index (χ4v) is 4.30. The Kier molecular flexibility index (Phi) is 6.78. The van der Waals surface area contributed by atoms with Gasteiger partial charge in [-0.05, 0) is 56.2 Å². The van der Waals surface area contributed by atoms with E-state index in [-0.39, 0.29) is 5.56 Å². The molecule has 0 saturated heterocycles. The molecule has 4 rings (SSSR count). The van der Waals surface area contributed by atoms with Gasteiger partial charge in [0, 0.05) is 54.0 Å². The Hall–Kier alpha value is -3.60. The summed E-state index contributed by atoms with van der Waals surface area (Å²) in [5.41, 5.74) is 4.51. The smallest absolute Gasteiger partial charge is 0.336 e. The summed E-state index contributed by atoms with van der Waals surface area (Å²) in [6.45, 7) is 8.97. The van der Waals surface area contributed by atoms with Crippen LogP contribution in [-0.4, -0.2) is 30.7 Å². The highest BCUT2D eigenvalue weighted by atomic mass is 16.4. The van der Waals surface area contributed by atoms with E-state index in [1.165, 1.54) is 0 Å². The number of carboxylic acids is 1. The van der Waals surface area contributed by atoms with Crippen molar-refractivity contribution >= 4 is 22.6 Å². The van der Waals surface area contributed by atoms with Crippen LogP contribution in [-0.2, 0) is 0 Å². The first-order valence-corrected chi connectivity index (χ1v) is 11.7. The summed E-state index contributed by atoms with van der Waals surface area (Å²) in [4.78, 5) is 19.0. The van der Waals surface area contributed by atoms with Gasteiger partial charge < -0.3 is 14.4 Å². The lowest BCUT2D eigenvalue weighted by atomic mass is 9.90. The Balaban J connectivity index is 2.04. The molecule has 0 unspecified atom stereocenters. The van der Waals surface area contributed by atoms with Crippen LogP contribution in [0.25, 0.3) is 33.4 Å². The van der Waals surface area contributed by atoms with E-state index < -0.39 is 5.97 Å². The number of rotatable bonds is 8. The topological polar surface area (TPSA) is 66.0 Å². The highest BCUT2D eigenvalue weighted by molar-refractivity contribution is 6.07. The van der Waals surface area contributed by atoms with Crippen LogP contribution in [0.1, 0.15) is 44.0 Å². The van der Waals surface area contributed by atoms with Gasteiger partial charge in [0.2, 0.25) is 0 Å². The van der Waals surface area contributed by atoms with Gasteiger partial charge in [-0.15, -0.1) is 0 Å². The third-order valence-electron chi connectivity index (χ3n) is 6.05. The van der Waals surface area contributed by atoms with Crippen LogP contribution in [0, 0.1) is 0 Å². The molecule has 5 heteroatoms. The van der Waals surface area contributed by atoms with Crippen molar-refractivity contribution in [2.75, 3.05) is 24.5 Å². The zero-order valence-electron chi connectivity index (χ0n) is 19.5. The zero-order valence-corrected chi connectivity index (χ0v) is 19.5. The fraction of sp³-hybridized carbons (Fsp3) is 0.286. The maximum atomic E-state index is 12.0. The molecule has 2 aliphatic rings. The van der Waals surface area contributed by atoms with E-state index in [0.717, 1.165) is 65.6 Å². The van der Waals surface area contributed by atoms with E-state index in [1.54, 1.807) is 12.1 Å². The Labute approximate surface area is 194 Å². The molecule has 2 aromatic rings. The average Bonchev–Trinajstić information content (AvgIpc) is 2.83. The van der Waals surface area contributed by atoms with Gasteiger partial charge >= 0.3 is 5.97 Å². The molecule has 2 aromatic carbocycles. The molecule has 1 aliphatic carbocycles. The van der Waals surface area contributed by atoms with Crippen LogP contribution in [0.3, 0.4) is 0 Å². The fourth-order valence-electron chi connectivity index (χ4n) is 4.30. The Morgan fingerprint density at radius 2 is 1.76 bits per heavy atom. The lowest BCUT2D eigenvalue weighted by molar-refractivity contribution is 0.0697. The molecule has 1 aliphatic heterocycles. The van der Waals surface area contributed by atoms with E-state index in [2.05, 4.69) is 42.8 Å². The number of fused-ring (bicyclic) bond motifs is 2. The summed E-state index contributed by atoms with van der Waals surface area (Å²) in [6.07, 6.45) is 2.13. The molecule has 1 N–H and O–H groups in total. The monoisotopic (exact) mass is 442 g/mol. The largest absolute Gasteiger partial charge is 0.478 e. The summed E-state index contributed by atoms with van der Waals surface area (Å²) < 4.78 is 6.40. The van der Waals surface area contributed by atoms with Crippen LogP contribution in [0.2, 0.25) is 0 Å². The van der Waals surface area contributed by atoms with Crippen molar-refractivity contribution < 1.29 is 14.3 Å². The Morgan fingerprint density at radius 3 is 2.48 bits per heavy atom. The Bertz CT molecular complexity index is 1320. The van der Waals surface area contributed by atoms with Crippen molar-refractivity contribution in [3.8, 4) is 22.5 Å². The minimum Gasteiger partial charge on any atom is -0.478 e. The van der Waals surface area contributed by atoms with Crippen LogP contribution in [0.4, 0.5) is 5.69 Å². The number of hydrogen-bond acceptors (Lipinski definition) is 4. The number of aromatic carboxylic acids is 1. The van der Waals surface area contributed by atoms with Gasteiger partial charge in [0.25, 0.3) is 0 Å². The maximum Gasteiger partial charge on any atom is 0.336 e. The summed E-state index contributed by atoms with van der Waals surface area (Å²) in [7, 11) is 0. The number of nitrogens with zero attached hydrogens (tertiary/aromatic N) is 2. The number of benzene rings is 3. The third kappa shape index (κ3) is 4.49. The van der Waals surface area contributed by atoms with Gasteiger partial charge in [-0.1, -0.05) is 31.5 Å². The number of hydrogen-bond donors (Lipinski definition) is 1. The lowest BCUT2D eigenvalue weighted by Crippen LogP contribution is -2.21. The SMILES string of the molecule is CCCCN=c1ccc2c(-c3ccccc3C(=O)O)c3ccc(N(CC)CC)cc3oc-2c1. The minimum absolute atomic E-state index is 0.274. The summed E-state index contributed by atoms with van der Waals surface area (Å²) >= 11 is 0. The molecule has 33 heavy (non-hydrogen) atoms. The van der Waals surface area contributed by atoms with E-state index in [9.17, 15) is 9.90 Å². The number of carbonyl (C=O) groups is 1.